The molecule has 148 valence electrons. The summed E-state index contributed by atoms with van der Waals surface area (Å²) in [4.78, 5) is 12.5. The molecule has 28 heavy (non-hydrogen) atoms. The van der Waals surface area contributed by atoms with Crippen LogP contribution in [-0.2, 0) is 14.3 Å². The molecule has 0 saturated carbocycles. The third kappa shape index (κ3) is 4.39. The minimum Gasteiger partial charge on any atom is -0.459 e. The van der Waals surface area contributed by atoms with Gasteiger partial charge in [-0.05, 0) is 48.2 Å². The average molecular weight is 400 g/mol. The highest BCUT2D eigenvalue weighted by molar-refractivity contribution is 7.17. The van der Waals surface area contributed by atoms with Crippen LogP contribution >= 0.6 is 11.3 Å². The van der Waals surface area contributed by atoms with Gasteiger partial charge in [-0.15, -0.1) is 17.8 Å². The lowest BCUT2D eigenvalue weighted by Gasteiger charge is -2.36. The Morgan fingerprint density at radius 3 is 3.00 bits per heavy atom. The molecule has 0 saturated heterocycles. The molecule has 0 fully saturated rings. The van der Waals surface area contributed by atoms with Gasteiger partial charge in [-0.1, -0.05) is 24.1 Å². The number of hydrogen-bond donors (Lipinski definition) is 2. The standard InChI is InChI=1S/C22H25NO4S/c1-3-11-23-21(25)19-13-17(16(9-7-12-24)22(27-19)26-4-2)18-14-28-20-10-6-5-8-15(18)20/h1,5-6,8,10,13-14,16-17,22,24H,4,7,9,11-12H2,2H3,(H,23,25)/t16-,17-,22+/m0/s1. The summed E-state index contributed by atoms with van der Waals surface area (Å²) in [7, 11) is 0. The number of carbonyl (C=O) groups excluding carboxylic acids is 1. The number of aliphatic hydroxyl groups excluding tert-OH is 1. The highest BCUT2D eigenvalue weighted by Crippen LogP contribution is 2.43. The lowest BCUT2D eigenvalue weighted by Crippen LogP contribution is -2.39. The molecule has 1 aromatic carbocycles. The van der Waals surface area contributed by atoms with E-state index in [1.54, 1.807) is 11.3 Å². The van der Waals surface area contributed by atoms with Crippen molar-refractivity contribution in [2.75, 3.05) is 19.8 Å². The Morgan fingerprint density at radius 1 is 1.43 bits per heavy atom. The molecule has 0 radical (unpaired) electrons. The van der Waals surface area contributed by atoms with Crippen LogP contribution in [0.15, 0.2) is 41.5 Å². The van der Waals surface area contributed by atoms with E-state index in [9.17, 15) is 9.90 Å². The SMILES string of the molecule is C#CCNC(=O)C1=C[C@H](c2csc3ccccc23)[C@H](CCCO)[C@H](OCC)O1. The summed E-state index contributed by atoms with van der Waals surface area (Å²) in [5.74, 6) is 2.23. The molecule has 2 N–H and O–H groups in total. The number of hydrogen-bond acceptors (Lipinski definition) is 5. The third-order valence-electron chi connectivity index (χ3n) is 4.86. The summed E-state index contributed by atoms with van der Waals surface area (Å²) in [6, 6.07) is 8.23. The van der Waals surface area contributed by atoms with E-state index in [0.29, 0.717) is 13.0 Å². The average Bonchev–Trinajstić information content (AvgIpc) is 3.14. The van der Waals surface area contributed by atoms with Gasteiger partial charge < -0.3 is 19.9 Å². The topological polar surface area (TPSA) is 67.8 Å². The fraction of sp³-hybridized carbons (Fsp3) is 0.409. The maximum absolute atomic E-state index is 12.5. The molecule has 5 nitrogen and oxygen atoms in total. The first-order valence-corrected chi connectivity index (χ1v) is 10.4. The number of nitrogens with one attached hydrogen (secondary N) is 1. The summed E-state index contributed by atoms with van der Waals surface area (Å²) >= 11 is 1.68. The molecule has 3 rings (SSSR count). The van der Waals surface area contributed by atoms with Crippen LogP contribution in [0.4, 0.5) is 0 Å². The second-order valence-electron chi connectivity index (χ2n) is 6.60. The van der Waals surface area contributed by atoms with Gasteiger partial charge in [0.15, 0.2) is 5.76 Å². The van der Waals surface area contributed by atoms with Gasteiger partial charge in [0.05, 0.1) is 6.54 Å². The van der Waals surface area contributed by atoms with Crippen LogP contribution in [0.25, 0.3) is 10.1 Å². The van der Waals surface area contributed by atoms with E-state index in [2.05, 4.69) is 28.8 Å². The Labute approximate surface area is 169 Å². The maximum Gasteiger partial charge on any atom is 0.286 e. The van der Waals surface area contributed by atoms with Crippen molar-refractivity contribution in [1.29, 1.82) is 0 Å². The van der Waals surface area contributed by atoms with Crippen molar-refractivity contribution in [2.24, 2.45) is 5.92 Å². The summed E-state index contributed by atoms with van der Waals surface area (Å²) in [5.41, 5.74) is 1.15. The van der Waals surface area contributed by atoms with Gasteiger partial charge in [-0.3, -0.25) is 4.79 Å². The molecule has 2 heterocycles. The van der Waals surface area contributed by atoms with E-state index in [1.165, 1.54) is 10.1 Å². The maximum atomic E-state index is 12.5. The number of benzene rings is 1. The van der Waals surface area contributed by atoms with E-state index in [1.807, 2.05) is 25.1 Å². The second kappa shape index (κ2) is 9.74. The summed E-state index contributed by atoms with van der Waals surface area (Å²) in [5, 5.41) is 15.3. The van der Waals surface area contributed by atoms with Crippen LogP contribution in [0.5, 0.6) is 0 Å². The normalized spacial score (nSPS) is 21.6. The fourth-order valence-electron chi connectivity index (χ4n) is 3.60. The van der Waals surface area contributed by atoms with Crippen LogP contribution in [0.3, 0.4) is 0 Å². The molecule has 1 aliphatic rings. The Bertz CT molecular complexity index is 882. The molecule has 0 aliphatic carbocycles. The molecule has 0 spiro atoms. The number of allylic oxidation sites excluding steroid dienone is 1. The van der Waals surface area contributed by atoms with Crippen LogP contribution in [0.2, 0.25) is 0 Å². The van der Waals surface area contributed by atoms with E-state index in [4.69, 9.17) is 15.9 Å². The van der Waals surface area contributed by atoms with Crippen molar-refractivity contribution in [1.82, 2.24) is 5.32 Å². The number of ether oxygens (including phenoxy) is 2. The monoisotopic (exact) mass is 399 g/mol. The quantitative estimate of drug-likeness (QED) is 0.668. The predicted molar refractivity (Wildman–Crippen MR) is 111 cm³/mol. The predicted octanol–water partition coefficient (Wildman–Crippen LogP) is 3.40. The van der Waals surface area contributed by atoms with Crippen LogP contribution in [-0.4, -0.2) is 37.1 Å². The zero-order valence-corrected chi connectivity index (χ0v) is 16.7. The molecule has 1 aromatic heterocycles. The summed E-state index contributed by atoms with van der Waals surface area (Å²) in [6.45, 7) is 2.61. The number of amides is 1. The van der Waals surface area contributed by atoms with E-state index in [0.717, 1.165) is 12.0 Å². The summed E-state index contributed by atoms with van der Waals surface area (Å²) < 4.78 is 13.0. The lowest BCUT2D eigenvalue weighted by molar-refractivity contribution is -0.166. The number of fused-ring (bicyclic) bond motifs is 1. The van der Waals surface area contributed by atoms with Gasteiger partial charge in [0.25, 0.3) is 5.91 Å². The Balaban J connectivity index is 2.03. The van der Waals surface area contributed by atoms with Crippen molar-refractivity contribution in [2.45, 2.75) is 32.0 Å². The largest absolute Gasteiger partial charge is 0.459 e. The molecule has 0 unspecified atom stereocenters. The first kappa shape index (κ1) is 20.4. The fourth-order valence-corrected chi connectivity index (χ4v) is 4.60. The Morgan fingerprint density at radius 2 is 2.25 bits per heavy atom. The number of aliphatic hydroxyl groups is 1. The van der Waals surface area contributed by atoms with Gasteiger partial charge in [0.2, 0.25) is 6.29 Å². The highest BCUT2D eigenvalue weighted by Gasteiger charge is 2.38. The minimum atomic E-state index is -0.559. The van der Waals surface area contributed by atoms with Crippen LogP contribution < -0.4 is 5.32 Å². The van der Waals surface area contributed by atoms with Crippen molar-refractivity contribution >= 4 is 27.3 Å². The smallest absolute Gasteiger partial charge is 0.286 e. The van der Waals surface area contributed by atoms with Gasteiger partial charge in [-0.25, -0.2) is 0 Å². The second-order valence-corrected chi connectivity index (χ2v) is 7.51. The molecular formula is C22H25NO4S. The Hall–Kier alpha value is -2.33. The van der Waals surface area contributed by atoms with Crippen molar-refractivity contribution < 1.29 is 19.4 Å². The molecule has 1 amide bonds. The molecule has 1 aliphatic heterocycles. The highest BCUT2D eigenvalue weighted by atomic mass is 32.1. The lowest BCUT2D eigenvalue weighted by atomic mass is 9.80. The first-order valence-electron chi connectivity index (χ1n) is 9.48. The molecule has 0 bridgehead atoms. The number of rotatable bonds is 8. The van der Waals surface area contributed by atoms with Gasteiger partial charge in [-0.2, -0.15) is 0 Å². The van der Waals surface area contributed by atoms with Gasteiger partial charge in [0.1, 0.15) is 0 Å². The van der Waals surface area contributed by atoms with Crippen molar-refractivity contribution in [3.63, 3.8) is 0 Å². The van der Waals surface area contributed by atoms with Crippen molar-refractivity contribution in [3.05, 3.63) is 47.0 Å². The first-order chi connectivity index (χ1) is 13.7. The van der Waals surface area contributed by atoms with Crippen LogP contribution in [0.1, 0.15) is 31.2 Å². The van der Waals surface area contributed by atoms with E-state index < -0.39 is 6.29 Å². The minimum absolute atomic E-state index is 0.00529. The van der Waals surface area contributed by atoms with Crippen LogP contribution in [0, 0.1) is 18.3 Å². The number of terminal acetylenes is 1. The molecule has 2 aromatic rings. The molecule has 6 heteroatoms. The number of thiophene rings is 1. The Kier molecular flexibility index (Phi) is 7.10. The zero-order valence-electron chi connectivity index (χ0n) is 15.9. The van der Waals surface area contributed by atoms with Gasteiger partial charge in [0, 0.05) is 29.7 Å². The molecule has 3 atom stereocenters. The van der Waals surface area contributed by atoms with E-state index in [-0.39, 0.29) is 36.7 Å². The summed E-state index contributed by atoms with van der Waals surface area (Å²) in [6.07, 6.45) is 7.94. The van der Waals surface area contributed by atoms with Gasteiger partial charge >= 0.3 is 0 Å². The van der Waals surface area contributed by atoms with E-state index >= 15 is 0 Å². The number of carbonyl (C=O) groups is 1. The van der Waals surface area contributed by atoms with Crippen molar-refractivity contribution in [3.8, 4) is 12.3 Å². The molecular weight excluding hydrogens is 374 g/mol. The zero-order chi connectivity index (χ0) is 19.9. The third-order valence-corrected chi connectivity index (χ3v) is 5.84.